The number of sulfonamides is 1. The zero-order chi connectivity index (χ0) is 23.3. The molecule has 166 valence electrons. The first-order valence-electron chi connectivity index (χ1n) is 9.87. The highest BCUT2D eigenvalue weighted by Crippen LogP contribution is 2.24. The van der Waals surface area contributed by atoms with Crippen molar-refractivity contribution in [2.24, 2.45) is 0 Å². The number of anilines is 3. The Bertz CT molecular complexity index is 1360. The van der Waals surface area contributed by atoms with Crippen LogP contribution in [0.4, 0.5) is 26.4 Å². The van der Waals surface area contributed by atoms with Gasteiger partial charge in [0.2, 0.25) is 0 Å². The minimum Gasteiger partial charge on any atom is -0.308 e. The van der Waals surface area contributed by atoms with E-state index in [0.29, 0.717) is 16.8 Å². The molecule has 7 nitrogen and oxygen atoms in total. The van der Waals surface area contributed by atoms with Crippen LogP contribution in [0.5, 0.6) is 0 Å². The molecule has 4 aromatic rings. The van der Waals surface area contributed by atoms with Crippen molar-refractivity contribution in [1.29, 1.82) is 0 Å². The van der Waals surface area contributed by atoms with E-state index in [1.807, 2.05) is 6.07 Å². The van der Waals surface area contributed by atoms with Crippen LogP contribution in [-0.2, 0) is 10.0 Å². The van der Waals surface area contributed by atoms with Crippen LogP contribution in [0.3, 0.4) is 0 Å². The number of para-hydroxylation sites is 1. The summed E-state index contributed by atoms with van der Waals surface area (Å²) in [6.45, 7) is 0. The van der Waals surface area contributed by atoms with Crippen LogP contribution in [0.25, 0.3) is 11.1 Å². The van der Waals surface area contributed by atoms with Gasteiger partial charge in [0.1, 0.15) is 11.6 Å². The molecule has 3 aromatic carbocycles. The van der Waals surface area contributed by atoms with Crippen molar-refractivity contribution in [3.8, 4) is 11.1 Å². The van der Waals surface area contributed by atoms with Gasteiger partial charge in [0.25, 0.3) is 10.0 Å². The zero-order valence-electron chi connectivity index (χ0n) is 17.2. The summed E-state index contributed by atoms with van der Waals surface area (Å²) in [6.07, 6.45) is 1.31. The number of nitrogens with zero attached hydrogens (tertiary/aromatic N) is 1. The van der Waals surface area contributed by atoms with Crippen molar-refractivity contribution >= 4 is 33.2 Å². The third-order valence-electron chi connectivity index (χ3n) is 4.61. The number of carbonyl (C=O) groups excluding carboxylic acids is 1. The first-order chi connectivity index (χ1) is 15.9. The molecular weight excluding hydrogens is 443 g/mol. The van der Waals surface area contributed by atoms with E-state index in [4.69, 9.17) is 0 Å². The van der Waals surface area contributed by atoms with Gasteiger partial charge in [0.05, 0.1) is 16.8 Å². The molecule has 0 spiro atoms. The van der Waals surface area contributed by atoms with Crippen LogP contribution < -0.4 is 15.4 Å². The van der Waals surface area contributed by atoms with Crippen LogP contribution >= 0.6 is 0 Å². The molecule has 0 saturated heterocycles. The second-order valence-corrected chi connectivity index (χ2v) is 8.70. The molecule has 33 heavy (non-hydrogen) atoms. The first kappa shape index (κ1) is 22.0. The van der Waals surface area contributed by atoms with E-state index in [1.54, 1.807) is 48.5 Å². The SMILES string of the molecule is O=C(Nc1ccccc1)Nc1ccc(NS(=O)(=O)c2cccc(-c3ccc(F)cc3)c2)cn1. The van der Waals surface area contributed by atoms with E-state index >= 15 is 0 Å². The average molecular weight is 463 g/mol. The average Bonchev–Trinajstić information content (AvgIpc) is 2.81. The van der Waals surface area contributed by atoms with Crippen molar-refractivity contribution in [2.45, 2.75) is 4.90 Å². The molecule has 1 aromatic heterocycles. The summed E-state index contributed by atoms with van der Waals surface area (Å²) in [5.41, 5.74) is 2.19. The van der Waals surface area contributed by atoms with Gasteiger partial charge >= 0.3 is 6.03 Å². The van der Waals surface area contributed by atoms with Gasteiger partial charge in [-0.15, -0.1) is 0 Å². The fourth-order valence-electron chi connectivity index (χ4n) is 3.03. The van der Waals surface area contributed by atoms with E-state index in [1.165, 1.54) is 42.6 Å². The molecule has 1 heterocycles. The Morgan fingerprint density at radius 3 is 2.21 bits per heavy atom. The molecule has 0 saturated carbocycles. The molecule has 0 aliphatic carbocycles. The van der Waals surface area contributed by atoms with Crippen molar-refractivity contribution < 1.29 is 17.6 Å². The van der Waals surface area contributed by atoms with Crippen molar-refractivity contribution in [3.05, 3.63) is 103 Å². The molecule has 0 fully saturated rings. The molecule has 0 atom stereocenters. The summed E-state index contributed by atoms with van der Waals surface area (Å²) in [6, 6.07) is 23.5. The van der Waals surface area contributed by atoms with Gasteiger partial charge in [-0.05, 0) is 59.7 Å². The van der Waals surface area contributed by atoms with E-state index in [0.717, 1.165) is 0 Å². The number of aromatic nitrogens is 1. The van der Waals surface area contributed by atoms with Gasteiger partial charge in [-0.3, -0.25) is 10.0 Å². The molecule has 0 aliphatic rings. The number of benzene rings is 3. The Labute approximate surface area is 190 Å². The van der Waals surface area contributed by atoms with E-state index in [-0.39, 0.29) is 22.2 Å². The maximum Gasteiger partial charge on any atom is 0.324 e. The van der Waals surface area contributed by atoms with E-state index in [2.05, 4.69) is 20.3 Å². The molecule has 0 bridgehead atoms. The summed E-state index contributed by atoms with van der Waals surface area (Å²) in [5.74, 6) is -0.114. The number of carbonyl (C=O) groups is 1. The summed E-state index contributed by atoms with van der Waals surface area (Å²) in [7, 11) is -3.89. The maximum absolute atomic E-state index is 13.2. The summed E-state index contributed by atoms with van der Waals surface area (Å²) in [4.78, 5) is 16.2. The van der Waals surface area contributed by atoms with Crippen LogP contribution in [0.1, 0.15) is 0 Å². The Hall–Kier alpha value is -4.24. The Morgan fingerprint density at radius 1 is 0.758 bits per heavy atom. The Balaban J connectivity index is 1.43. The number of halogens is 1. The van der Waals surface area contributed by atoms with Crippen LogP contribution in [0.2, 0.25) is 0 Å². The molecule has 0 unspecified atom stereocenters. The molecular formula is C24H19FN4O3S. The topological polar surface area (TPSA) is 100 Å². The number of nitrogens with one attached hydrogen (secondary N) is 3. The lowest BCUT2D eigenvalue weighted by atomic mass is 10.1. The molecule has 0 aliphatic heterocycles. The lowest BCUT2D eigenvalue weighted by molar-refractivity contribution is 0.262. The molecule has 0 radical (unpaired) electrons. The second kappa shape index (κ2) is 9.49. The fourth-order valence-corrected chi connectivity index (χ4v) is 4.12. The summed E-state index contributed by atoms with van der Waals surface area (Å²) < 4.78 is 41.3. The number of hydrogen-bond acceptors (Lipinski definition) is 4. The Morgan fingerprint density at radius 2 is 1.52 bits per heavy atom. The second-order valence-electron chi connectivity index (χ2n) is 7.02. The van der Waals surface area contributed by atoms with Crippen LogP contribution in [0.15, 0.2) is 102 Å². The normalized spacial score (nSPS) is 10.9. The van der Waals surface area contributed by atoms with Crippen molar-refractivity contribution in [3.63, 3.8) is 0 Å². The molecule has 3 N–H and O–H groups in total. The van der Waals surface area contributed by atoms with E-state index in [9.17, 15) is 17.6 Å². The van der Waals surface area contributed by atoms with Gasteiger partial charge in [0, 0.05) is 5.69 Å². The number of hydrogen-bond donors (Lipinski definition) is 3. The number of urea groups is 1. The quantitative estimate of drug-likeness (QED) is 0.360. The third-order valence-corrected chi connectivity index (χ3v) is 5.99. The van der Waals surface area contributed by atoms with Crippen molar-refractivity contribution in [1.82, 2.24) is 4.98 Å². The highest BCUT2D eigenvalue weighted by atomic mass is 32.2. The maximum atomic E-state index is 13.2. The predicted octanol–water partition coefficient (Wildman–Crippen LogP) is 5.33. The number of amides is 2. The Kier molecular flexibility index (Phi) is 6.32. The lowest BCUT2D eigenvalue weighted by Gasteiger charge is -2.11. The minimum atomic E-state index is -3.89. The molecule has 9 heteroatoms. The van der Waals surface area contributed by atoms with Gasteiger partial charge in [-0.2, -0.15) is 0 Å². The monoisotopic (exact) mass is 462 g/mol. The first-order valence-corrected chi connectivity index (χ1v) is 11.4. The molecule has 2 amide bonds. The van der Waals surface area contributed by atoms with Gasteiger partial charge in [-0.25, -0.2) is 22.6 Å². The largest absolute Gasteiger partial charge is 0.324 e. The smallest absolute Gasteiger partial charge is 0.308 e. The predicted molar refractivity (Wildman–Crippen MR) is 126 cm³/mol. The van der Waals surface area contributed by atoms with Crippen LogP contribution in [0, 0.1) is 5.82 Å². The standard InChI is InChI=1S/C24H19FN4O3S/c25-19-11-9-17(10-12-19)18-5-4-8-22(15-18)33(31,32)29-21-13-14-23(26-16-21)28-24(30)27-20-6-2-1-3-7-20/h1-16,29H,(H2,26,27,28,30). The summed E-state index contributed by atoms with van der Waals surface area (Å²) >= 11 is 0. The highest BCUT2D eigenvalue weighted by molar-refractivity contribution is 7.92. The number of rotatable bonds is 6. The summed E-state index contributed by atoms with van der Waals surface area (Å²) in [5, 5.41) is 5.24. The van der Waals surface area contributed by atoms with Gasteiger partial charge in [0.15, 0.2) is 0 Å². The van der Waals surface area contributed by atoms with E-state index < -0.39 is 16.1 Å². The van der Waals surface area contributed by atoms with Crippen molar-refractivity contribution in [2.75, 3.05) is 15.4 Å². The minimum absolute atomic E-state index is 0.0498. The van der Waals surface area contributed by atoms with Gasteiger partial charge < -0.3 is 5.32 Å². The number of pyridine rings is 1. The zero-order valence-corrected chi connectivity index (χ0v) is 18.0. The lowest BCUT2D eigenvalue weighted by Crippen LogP contribution is -2.20. The van der Waals surface area contributed by atoms with Crippen LogP contribution in [-0.4, -0.2) is 19.4 Å². The highest BCUT2D eigenvalue weighted by Gasteiger charge is 2.15. The molecule has 4 rings (SSSR count). The van der Waals surface area contributed by atoms with Gasteiger partial charge in [-0.1, -0.05) is 42.5 Å². The third kappa shape index (κ3) is 5.72. The fraction of sp³-hybridized carbons (Fsp3) is 0.